The fraction of sp³-hybridized carbons (Fsp3) is 0.462. The summed E-state index contributed by atoms with van der Waals surface area (Å²) in [6.07, 6.45) is -4.66. The zero-order valence-corrected chi connectivity index (χ0v) is 12.5. The summed E-state index contributed by atoms with van der Waals surface area (Å²) >= 11 is 0. The lowest BCUT2D eigenvalue weighted by Gasteiger charge is -2.30. The molecule has 0 aliphatic carbocycles. The topological polar surface area (TPSA) is 74.7 Å². The SMILES string of the molecule is O=C(O)[C@H]1CCCN(S(=O)(=O)c2c(F)cccc2C(F)(F)F)C1. The van der Waals surface area contributed by atoms with E-state index in [9.17, 15) is 30.8 Å². The number of alkyl halides is 3. The molecular formula is C13H13F4NO4S. The Morgan fingerprint density at radius 3 is 2.52 bits per heavy atom. The minimum atomic E-state index is -5.05. The molecule has 1 heterocycles. The second-order valence-electron chi connectivity index (χ2n) is 5.15. The summed E-state index contributed by atoms with van der Waals surface area (Å²) in [6.45, 7) is -0.638. The number of carboxylic acids is 1. The van der Waals surface area contributed by atoms with Gasteiger partial charge in [-0.15, -0.1) is 0 Å². The number of rotatable bonds is 3. The molecule has 1 aromatic carbocycles. The molecule has 128 valence electrons. The third kappa shape index (κ3) is 3.47. The summed E-state index contributed by atoms with van der Waals surface area (Å²) in [5.74, 6) is -3.79. The zero-order valence-electron chi connectivity index (χ0n) is 11.7. The van der Waals surface area contributed by atoms with Gasteiger partial charge in [-0.3, -0.25) is 4.79 Å². The number of carbonyl (C=O) groups is 1. The Morgan fingerprint density at radius 1 is 1.30 bits per heavy atom. The third-order valence-electron chi connectivity index (χ3n) is 3.60. The van der Waals surface area contributed by atoms with Crippen LogP contribution in [0.15, 0.2) is 23.1 Å². The van der Waals surface area contributed by atoms with Gasteiger partial charge in [0.05, 0.1) is 11.5 Å². The van der Waals surface area contributed by atoms with Crippen molar-refractivity contribution in [2.75, 3.05) is 13.1 Å². The summed E-state index contributed by atoms with van der Waals surface area (Å²) in [7, 11) is -4.80. The van der Waals surface area contributed by atoms with E-state index in [1.165, 1.54) is 0 Å². The van der Waals surface area contributed by atoms with Crippen LogP contribution in [0.1, 0.15) is 18.4 Å². The van der Waals surface area contributed by atoms with Crippen molar-refractivity contribution in [1.82, 2.24) is 4.31 Å². The van der Waals surface area contributed by atoms with Gasteiger partial charge >= 0.3 is 12.1 Å². The van der Waals surface area contributed by atoms with E-state index in [1.54, 1.807) is 0 Å². The van der Waals surface area contributed by atoms with Crippen LogP contribution in [0.2, 0.25) is 0 Å². The van der Waals surface area contributed by atoms with Crippen molar-refractivity contribution < 1.29 is 35.9 Å². The Morgan fingerprint density at radius 2 is 1.96 bits per heavy atom. The van der Waals surface area contributed by atoms with Crippen molar-refractivity contribution in [3.05, 3.63) is 29.6 Å². The molecule has 1 aliphatic heterocycles. The van der Waals surface area contributed by atoms with Crippen molar-refractivity contribution in [3.63, 3.8) is 0 Å². The fourth-order valence-electron chi connectivity index (χ4n) is 2.49. The predicted molar refractivity (Wildman–Crippen MR) is 70.5 cm³/mol. The first-order chi connectivity index (χ1) is 10.5. The number of hydrogen-bond donors (Lipinski definition) is 1. The van der Waals surface area contributed by atoms with Gasteiger partial charge in [0.1, 0.15) is 10.7 Å². The molecule has 23 heavy (non-hydrogen) atoms. The summed E-state index contributed by atoms with van der Waals surface area (Å²) in [5.41, 5.74) is -1.60. The molecule has 0 radical (unpaired) electrons. The lowest BCUT2D eigenvalue weighted by molar-refractivity contribution is -0.143. The maximum absolute atomic E-state index is 13.9. The van der Waals surface area contributed by atoms with E-state index in [-0.39, 0.29) is 19.4 Å². The summed E-state index contributed by atoms with van der Waals surface area (Å²) < 4.78 is 78.3. The molecule has 0 amide bonds. The molecule has 1 saturated heterocycles. The zero-order chi connectivity index (χ0) is 17.4. The van der Waals surface area contributed by atoms with Crippen molar-refractivity contribution in [3.8, 4) is 0 Å². The van der Waals surface area contributed by atoms with Crippen molar-refractivity contribution in [1.29, 1.82) is 0 Å². The van der Waals surface area contributed by atoms with Gasteiger partial charge in [0.25, 0.3) is 0 Å². The molecule has 1 aliphatic rings. The van der Waals surface area contributed by atoms with E-state index in [0.29, 0.717) is 16.4 Å². The average Bonchev–Trinajstić information content (AvgIpc) is 2.46. The number of halogens is 4. The van der Waals surface area contributed by atoms with Crippen LogP contribution in [0.5, 0.6) is 0 Å². The molecule has 2 rings (SSSR count). The van der Waals surface area contributed by atoms with E-state index in [1.807, 2.05) is 0 Å². The van der Waals surface area contributed by atoms with Gasteiger partial charge in [-0.25, -0.2) is 12.8 Å². The lowest BCUT2D eigenvalue weighted by Crippen LogP contribution is -2.43. The Hall–Kier alpha value is -1.68. The number of aliphatic carboxylic acids is 1. The van der Waals surface area contributed by atoms with Gasteiger partial charge in [-0.2, -0.15) is 17.5 Å². The Balaban J connectivity index is 2.50. The Labute approximate surface area is 129 Å². The number of piperidine rings is 1. The van der Waals surface area contributed by atoms with Gasteiger partial charge in [-0.1, -0.05) is 6.07 Å². The quantitative estimate of drug-likeness (QED) is 0.845. The van der Waals surface area contributed by atoms with E-state index in [0.717, 1.165) is 6.07 Å². The second kappa shape index (κ2) is 6.08. The lowest BCUT2D eigenvalue weighted by atomic mass is 10.0. The van der Waals surface area contributed by atoms with Gasteiger partial charge in [0.15, 0.2) is 0 Å². The largest absolute Gasteiger partial charge is 0.481 e. The monoisotopic (exact) mass is 355 g/mol. The van der Waals surface area contributed by atoms with E-state index in [4.69, 9.17) is 5.11 Å². The van der Waals surface area contributed by atoms with Gasteiger partial charge in [0.2, 0.25) is 10.0 Å². The van der Waals surface area contributed by atoms with E-state index >= 15 is 0 Å². The Kier molecular flexibility index (Phi) is 4.67. The highest BCUT2D eigenvalue weighted by Gasteiger charge is 2.42. The van der Waals surface area contributed by atoms with E-state index in [2.05, 4.69) is 0 Å². The average molecular weight is 355 g/mol. The van der Waals surface area contributed by atoms with Gasteiger partial charge in [0, 0.05) is 13.1 Å². The smallest absolute Gasteiger partial charge is 0.417 e. The fourth-order valence-corrected chi connectivity index (χ4v) is 4.27. The van der Waals surface area contributed by atoms with E-state index < -0.39 is 50.9 Å². The number of carboxylic acid groups (broad SMARTS) is 1. The van der Waals surface area contributed by atoms with Crippen molar-refractivity contribution >= 4 is 16.0 Å². The minimum absolute atomic E-state index is 0.155. The number of hydrogen-bond acceptors (Lipinski definition) is 3. The van der Waals surface area contributed by atoms with Crippen LogP contribution in [0.3, 0.4) is 0 Å². The first-order valence-corrected chi connectivity index (χ1v) is 8.08. The summed E-state index contributed by atoms with van der Waals surface area (Å²) in [4.78, 5) is 9.52. The molecule has 0 bridgehead atoms. The van der Waals surface area contributed by atoms with Crippen LogP contribution in [0.25, 0.3) is 0 Å². The normalized spacial score (nSPS) is 20.4. The maximum Gasteiger partial charge on any atom is 0.417 e. The van der Waals surface area contributed by atoms with Crippen LogP contribution >= 0.6 is 0 Å². The molecule has 10 heteroatoms. The second-order valence-corrected chi connectivity index (χ2v) is 7.03. The van der Waals surface area contributed by atoms with Crippen molar-refractivity contribution in [2.45, 2.75) is 23.9 Å². The summed E-state index contributed by atoms with van der Waals surface area (Å²) in [6, 6.07) is 1.88. The standard InChI is InChI=1S/C13H13F4NO4S/c14-10-5-1-4-9(13(15,16)17)11(10)23(21,22)18-6-2-3-8(7-18)12(19)20/h1,4-5,8H,2-3,6-7H2,(H,19,20)/t8-/m0/s1. The predicted octanol–water partition coefficient (Wildman–Crippen LogP) is 2.33. The maximum atomic E-state index is 13.9. The van der Waals surface area contributed by atoms with Gasteiger partial charge < -0.3 is 5.11 Å². The van der Waals surface area contributed by atoms with Crippen LogP contribution in [0.4, 0.5) is 17.6 Å². The molecule has 1 atom stereocenters. The number of nitrogens with zero attached hydrogens (tertiary/aromatic N) is 1. The highest BCUT2D eigenvalue weighted by Crippen LogP contribution is 2.37. The molecule has 0 spiro atoms. The van der Waals surface area contributed by atoms with Crippen LogP contribution in [0, 0.1) is 11.7 Å². The van der Waals surface area contributed by atoms with Crippen LogP contribution < -0.4 is 0 Å². The molecular weight excluding hydrogens is 342 g/mol. The first-order valence-electron chi connectivity index (χ1n) is 6.64. The molecule has 1 fully saturated rings. The highest BCUT2D eigenvalue weighted by atomic mass is 32.2. The van der Waals surface area contributed by atoms with Crippen LogP contribution in [-0.4, -0.2) is 36.9 Å². The molecule has 0 saturated carbocycles. The molecule has 0 unspecified atom stereocenters. The third-order valence-corrected chi connectivity index (χ3v) is 5.55. The van der Waals surface area contributed by atoms with Crippen LogP contribution in [-0.2, 0) is 21.0 Å². The number of benzene rings is 1. The first kappa shape index (κ1) is 17.7. The molecule has 1 aromatic rings. The number of sulfonamides is 1. The highest BCUT2D eigenvalue weighted by molar-refractivity contribution is 7.89. The summed E-state index contributed by atoms with van der Waals surface area (Å²) in [5, 5.41) is 8.96. The van der Waals surface area contributed by atoms with Crippen molar-refractivity contribution in [2.24, 2.45) is 5.92 Å². The minimum Gasteiger partial charge on any atom is -0.481 e. The molecule has 0 aromatic heterocycles. The Bertz CT molecular complexity index is 717. The molecule has 1 N–H and O–H groups in total. The molecule has 5 nitrogen and oxygen atoms in total. The van der Waals surface area contributed by atoms with Gasteiger partial charge in [-0.05, 0) is 25.0 Å².